The third-order valence-corrected chi connectivity index (χ3v) is 4.41. The maximum absolute atomic E-state index is 12.2. The van der Waals surface area contributed by atoms with Crippen LogP contribution in [0.5, 0.6) is 0 Å². The predicted octanol–water partition coefficient (Wildman–Crippen LogP) is -1.07. The van der Waals surface area contributed by atoms with E-state index in [2.05, 4.69) is 25.1 Å². The molecule has 0 bridgehead atoms. The number of rotatable bonds is 8. The van der Waals surface area contributed by atoms with Crippen LogP contribution >= 0.6 is 0 Å². The van der Waals surface area contributed by atoms with Crippen LogP contribution in [0.1, 0.15) is 23.9 Å². The Kier molecular flexibility index (Phi) is 7.08. The van der Waals surface area contributed by atoms with Crippen molar-refractivity contribution in [2.75, 3.05) is 18.9 Å². The second-order valence-electron chi connectivity index (χ2n) is 6.52. The summed E-state index contributed by atoms with van der Waals surface area (Å²) in [5, 5.41) is 12.7. The van der Waals surface area contributed by atoms with Crippen LogP contribution in [0.15, 0.2) is 35.7 Å². The number of nitrogens with one attached hydrogen (secondary N) is 2. The summed E-state index contributed by atoms with van der Waals surface area (Å²) < 4.78 is 6.87. The van der Waals surface area contributed by atoms with E-state index in [0.717, 1.165) is 0 Å². The van der Waals surface area contributed by atoms with Gasteiger partial charge >= 0.3 is 5.69 Å². The van der Waals surface area contributed by atoms with Gasteiger partial charge in [0.1, 0.15) is 18.1 Å². The Hall–Kier alpha value is -3.32. The number of carbonyl (C=O) groups is 1. The molecule has 1 amide bonds. The number of nitrogens with zero attached hydrogens (tertiary/aromatic N) is 3. The SMILES string of the molecule is NOCC1OC(n2cc(/C=C/CNC(=O)/C=C/c3cnc[nH]3)c(N)nc2=O)CC1O. The zero-order valence-electron chi connectivity index (χ0n) is 16.0. The number of hydrogen-bond donors (Lipinski definition) is 5. The number of aromatic amines is 1. The first kappa shape index (κ1) is 21.4. The highest BCUT2D eigenvalue weighted by atomic mass is 16.6. The molecule has 1 aliphatic rings. The lowest BCUT2D eigenvalue weighted by Crippen LogP contribution is -2.29. The van der Waals surface area contributed by atoms with E-state index in [-0.39, 0.29) is 31.3 Å². The van der Waals surface area contributed by atoms with E-state index in [4.69, 9.17) is 16.4 Å². The van der Waals surface area contributed by atoms with Gasteiger partial charge in [-0.15, -0.1) is 0 Å². The summed E-state index contributed by atoms with van der Waals surface area (Å²) in [6.45, 7) is 0.232. The number of amides is 1. The van der Waals surface area contributed by atoms with Crippen LogP contribution in [0.4, 0.5) is 5.82 Å². The Labute approximate surface area is 171 Å². The van der Waals surface area contributed by atoms with Gasteiger partial charge in [-0.05, 0) is 6.08 Å². The highest BCUT2D eigenvalue weighted by Crippen LogP contribution is 2.28. The normalized spacial score (nSPS) is 21.6. The minimum atomic E-state index is -0.827. The first-order chi connectivity index (χ1) is 14.5. The Morgan fingerprint density at radius 3 is 3.07 bits per heavy atom. The van der Waals surface area contributed by atoms with Crippen molar-refractivity contribution >= 4 is 23.9 Å². The molecule has 12 heteroatoms. The van der Waals surface area contributed by atoms with Crippen LogP contribution in [0.3, 0.4) is 0 Å². The molecule has 12 nitrogen and oxygen atoms in total. The summed E-state index contributed by atoms with van der Waals surface area (Å²) in [6, 6.07) is 0. The zero-order chi connectivity index (χ0) is 21.5. The van der Waals surface area contributed by atoms with E-state index in [0.29, 0.717) is 11.3 Å². The van der Waals surface area contributed by atoms with Gasteiger partial charge in [-0.2, -0.15) is 4.98 Å². The van der Waals surface area contributed by atoms with Gasteiger partial charge < -0.3 is 30.7 Å². The monoisotopic (exact) mass is 417 g/mol. The van der Waals surface area contributed by atoms with E-state index >= 15 is 0 Å². The zero-order valence-corrected chi connectivity index (χ0v) is 16.0. The molecular formula is C18H23N7O5. The summed E-state index contributed by atoms with van der Waals surface area (Å²) in [6.07, 6.45) is 8.85. The molecule has 0 aromatic carbocycles. The molecular weight excluding hydrogens is 394 g/mol. The molecule has 0 aliphatic carbocycles. The minimum Gasteiger partial charge on any atom is -0.390 e. The number of carbonyl (C=O) groups excluding carboxylic acids is 1. The van der Waals surface area contributed by atoms with E-state index in [9.17, 15) is 14.7 Å². The van der Waals surface area contributed by atoms with Crippen LogP contribution in [0.2, 0.25) is 0 Å². The number of anilines is 1. The molecule has 3 rings (SSSR count). The fourth-order valence-electron chi connectivity index (χ4n) is 2.89. The number of nitrogens with two attached hydrogens (primary N) is 2. The van der Waals surface area contributed by atoms with Crippen molar-refractivity contribution in [1.82, 2.24) is 24.8 Å². The molecule has 160 valence electrons. The van der Waals surface area contributed by atoms with Crippen molar-refractivity contribution in [1.29, 1.82) is 0 Å². The van der Waals surface area contributed by atoms with Gasteiger partial charge in [0.15, 0.2) is 0 Å². The number of ether oxygens (including phenoxy) is 1. The van der Waals surface area contributed by atoms with Gasteiger partial charge in [-0.3, -0.25) is 9.36 Å². The predicted molar refractivity (Wildman–Crippen MR) is 107 cm³/mol. The second-order valence-corrected chi connectivity index (χ2v) is 6.52. The lowest BCUT2D eigenvalue weighted by atomic mass is 10.2. The molecule has 3 unspecified atom stereocenters. The Morgan fingerprint density at radius 1 is 1.50 bits per heavy atom. The van der Waals surface area contributed by atoms with Gasteiger partial charge in [0.2, 0.25) is 5.91 Å². The molecule has 2 aromatic heterocycles. The third-order valence-electron chi connectivity index (χ3n) is 4.41. The third kappa shape index (κ3) is 5.39. The maximum atomic E-state index is 12.2. The quantitative estimate of drug-likeness (QED) is 0.264. The topological polar surface area (TPSA) is 183 Å². The number of aliphatic hydroxyl groups excluding tert-OH is 1. The first-order valence-electron chi connectivity index (χ1n) is 9.12. The number of hydrogen-bond acceptors (Lipinski definition) is 9. The van der Waals surface area contributed by atoms with E-state index < -0.39 is 24.1 Å². The lowest BCUT2D eigenvalue weighted by Gasteiger charge is -2.16. The summed E-state index contributed by atoms with van der Waals surface area (Å²) in [5.74, 6) is 4.78. The van der Waals surface area contributed by atoms with Crippen molar-refractivity contribution < 1.29 is 19.5 Å². The molecule has 1 aliphatic heterocycles. The number of H-pyrrole nitrogens is 1. The number of aromatic nitrogens is 4. The van der Waals surface area contributed by atoms with Crippen molar-refractivity contribution in [3.8, 4) is 0 Å². The average molecular weight is 417 g/mol. The fourth-order valence-corrected chi connectivity index (χ4v) is 2.89. The Morgan fingerprint density at radius 2 is 2.33 bits per heavy atom. The van der Waals surface area contributed by atoms with E-state index in [1.54, 1.807) is 24.4 Å². The van der Waals surface area contributed by atoms with Gasteiger partial charge in [-0.25, -0.2) is 15.7 Å². The first-order valence-corrected chi connectivity index (χ1v) is 9.12. The molecule has 7 N–H and O–H groups in total. The van der Waals surface area contributed by atoms with Crippen molar-refractivity contribution in [3.63, 3.8) is 0 Å². The van der Waals surface area contributed by atoms with Crippen molar-refractivity contribution in [2.45, 2.75) is 24.9 Å². The second kappa shape index (κ2) is 9.93. The van der Waals surface area contributed by atoms with Crippen LogP contribution in [-0.4, -0.2) is 55.9 Å². The van der Waals surface area contributed by atoms with E-state index in [1.165, 1.54) is 23.2 Å². The van der Waals surface area contributed by atoms with Crippen LogP contribution in [0.25, 0.3) is 12.2 Å². The van der Waals surface area contributed by atoms with Crippen LogP contribution < -0.4 is 22.6 Å². The largest absolute Gasteiger partial charge is 0.390 e. The number of nitrogen functional groups attached to an aromatic ring is 1. The van der Waals surface area contributed by atoms with Crippen LogP contribution in [0, 0.1) is 0 Å². The summed E-state index contributed by atoms with van der Waals surface area (Å²) >= 11 is 0. The molecule has 3 heterocycles. The minimum absolute atomic E-state index is 0.00388. The molecule has 1 saturated heterocycles. The molecule has 3 atom stereocenters. The molecule has 0 saturated carbocycles. The summed E-state index contributed by atoms with van der Waals surface area (Å²) in [5.41, 5.74) is 6.40. The molecule has 0 radical (unpaired) electrons. The fraction of sp³-hybridized carbons (Fsp3) is 0.333. The smallest absolute Gasteiger partial charge is 0.351 e. The van der Waals surface area contributed by atoms with Crippen molar-refractivity contribution in [2.24, 2.45) is 5.90 Å². The van der Waals surface area contributed by atoms with Gasteiger partial charge in [0, 0.05) is 30.8 Å². The summed E-state index contributed by atoms with van der Waals surface area (Å²) in [4.78, 5) is 39.0. The number of imidazole rings is 1. The highest BCUT2D eigenvalue weighted by Gasteiger charge is 2.35. The van der Waals surface area contributed by atoms with Crippen LogP contribution in [-0.2, 0) is 14.4 Å². The average Bonchev–Trinajstić information content (AvgIpc) is 3.35. The number of aliphatic hydroxyl groups is 1. The molecule has 2 aromatic rings. The van der Waals surface area contributed by atoms with Gasteiger partial charge in [-0.1, -0.05) is 12.2 Å². The van der Waals surface area contributed by atoms with E-state index in [1.807, 2.05) is 0 Å². The van der Waals surface area contributed by atoms with Crippen molar-refractivity contribution in [3.05, 3.63) is 52.6 Å². The van der Waals surface area contributed by atoms with Gasteiger partial charge in [0.25, 0.3) is 0 Å². The molecule has 1 fully saturated rings. The summed E-state index contributed by atoms with van der Waals surface area (Å²) in [7, 11) is 0. The van der Waals surface area contributed by atoms with Gasteiger partial charge in [0.05, 0.1) is 30.9 Å². The molecule has 30 heavy (non-hydrogen) atoms. The highest BCUT2D eigenvalue weighted by molar-refractivity contribution is 5.91. The lowest BCUT2D eigenvalue weighted by molar-refractivity contribution is -0.116. The maximum Gasteiger partial charge on any atom is 0.351 e. The standard InChI is InChI=1S/C18H23N7O5/c19-17-11(2-1-5-22-15(27)4-3-12-7-21-10-23-12)8-25(18(28)24-17)16-6-13(26)14(30-16)9-29-20/h1-4,7-8,10,13-14,16,26H,5-6,9,20H2,(H,21,23)(H,22,27)(H2,19,24,28)/b2-1+,4-3+. The molecule has 0 spiro atoms. The Balaban J connectivity index is 1.61. The Bertz CT molecular complexity index is 970.